The maximum Gasteiger partial charge on any atom is 0.324 e. The van der Waals surface area contributed by atoms with Crippen molar-refractivity contribution < 1.29 is 9.48 Å². The molecule has 2 amide bonds. The number of hydrogen-bond donors (Lipinski definition) is 0. The largest absolute Gasteiger partial charge is 0.326 e. The number of nitrogens with zero attached hydrogens (tertiary/aromatic N) is 6. The summed E-state index contributed by atoms with van der Waals surface area (Å²) in [5.74, 6) is 0.0430. The van der Waals surface area contributed by atoms with E-state index in [-0.39, 0.29) is 11.9 Å². The number of anilines is 1. The quantitative estimate of drug-likeness (QED) is 0.810. The zero-order valence-electron chi connectivity index (χ0n) is 13.3. The lowest BCUT2D eigenvalue weighted by Crippen LogP contribution is -2.29. The number of amides is 2. The zero-order chi connectivity index (χ0) is 16.5. The van der Waals surface area contributed by atoms with Crippen LogP contribution in [0, 0.1) is 0 Å². The van der Waals surface area contributed by atoms with E-state index < -0.39 is 0 Å². The fourth-order valence-corrected chi connectivity index (χ4v) is 2.85. The van der Waals surface area contributed by atoms with E-state index in [0.717, 1.165) is 30.2 Å². The predicted molar refractivity (Wildman–Crippen MR) is 91.1 cm³/mol. The highest BCUT2D eigenvalue weighted by atomic mass is 16.2. The Morgan fingerprint density at radius 1 is 1.17 bits per heavy atom. The van der Waals surface area contributed by atoms with Gasteiger partial charge in [0, 0.05) is 44.2 Å². The molecule has 0 N–H and O–H groups in total. The lowest BCUT2D eigenvalue weighted by Gasteiger charge is -2.15. The van der Waals surface area contributed by atoms with Crippen LogP contribution >= 0.6 is 0 Å². The maximum atomic E-state index is 12.0. The first kappa shape index (κ1) is 14.5. The third-order valence-electron chi connectivity index (χ3n) is 4.24. The van der Waals surface area contributed by atoms with Crippen molar-refractivity contribution >= 4 is 29.8 Å². The third-order valence-corrected chi connectivity index (χ3v) is 4.24. The van der Waals surface area contributed by atoms with Crippen LogP contribution in [0.25, 0.3) is 0 Å². The van der Waals surface area contributed by atoms with Gasteiger partial charge in [0.05, 0.1) is 11.9 Å². The minimum atomic E-state index is 0.0392. The van der Waals surface area contributed by atoms with Crippen molar-refractivity contribution in [2.75, 3.05) is 25.0 Å². The van der Waals surface area contributed by atoms with Crippen molar-refractivity contribution in [2.24, 2.45) is 5.10 Å². The van der Waals surface area contributed by atoms with E-state index in [9.17, 15) is 4.79 Å². The van der Waals surface area contributed by atoms with Crippen LogP contribution in [0.2, 0.25) is 0 Å². The van der Waals surface area contributed by atoms with Gasteiger partial charge in [0.25, 0.3) is 0 Å². The van der Waals surface area contributed by atoms with Crippen molar-refractivity contribution in [3.8, 4) is 0 Å². The Bertz CT molecular complexity index is 815. The summed E-state index contributed by atoms with van der Waals surface area (Å²) >= 11 is 0. The molecule has 2 aliphatic heterocycles. The van der Waals surface area contributed by atoms with Crippen LogP contribution in [0.3, 0.4) is 0 Å². The average molecular weight is 321 g/mol. The molecule has 0 saturated carbocycles. The van der Waals surface area contributed by atoms with Gasteiger partial charge in [0.15, 0.2) is 6.21 Å². The zero-order valence-corrected chi connectivity index (χ0v) is 13.3. The highest BCUT2D eigenvalue weighted by Crippen LogP contribution is 2.24. The van der Waals surface area contributed by atoms with Crippen molar-refractivity contribution in [1.29, 1.82) is 0 Å². The highest BCUT2D eigenvalue weighted by molar-refractivity contribution is 5.94. The van der Waals surface area contributed by atoms with Gasteiger partial charge in [-0.2, -0.15) is 0 Å². The van der Waals surface area contributed by atoms with Crippen molar-refractivity contribution in [1.82, 2.24) is 14.9 Å². The molecule has 24 heavy (non-hydrogen) atoms. The molecule has 120 valence electrons. The van der Waals surface area contributed by atoms with Crippen LogP contribution in [-0.2, 0) is 0 Å². The minimum absolute atomic E-state index is 0.0392. The lowest BCUT2D eigenvalue weighted by molar-refractivity contribution is -0.436. The third kappa shape index (κ3) is 2.54. The Balaban J connectivity index is 1.54. The van der Waals surface area contributed by atoms with E-state index in [1.54, 1.807) is 22.3 Å². The van der Waals surface area contributed by atoms with Gasteiger partial charge in [-0.25, -0.2) is 14.8 Å². The van der Waals surface area contributed by atoms with Gasteiger partial charge in [-0.1, -0.05) is 4.68 Å². The van der Waals surface area contributed by atoms with Crippen LogP contribution < -0.4 is 4.90 Å². The molecule has 0 bridgehead atoms. The Labute approximate surface area is 139 Å². The summed E-state index contributed by atoms with van der Waals surface area (Å²) in [6.07, 6.45) is 7.13. The first-order chi connectivity index (χ1) is 11.7. The number of rotatable bonds is 3. The topological polar surface area (TPSA) is 64.7 Å². The van der Waals surface area contributed by atoms with E-state index in [0.29, 0.717) is 0 Å². The van der Waals surface area contributed by atoms with Gasteiger partial charge in [0.2, 0.25) is 5.69 Å². The van der Waals surface area contributed by atoms with E-state index in [1.165, 1.54) is 0 Å². The SMILES string of the molecule is CN1CCN(c2ccc([N+]3=CC(c4ccncn4)C=N3)cc2)C1=O. The molecule has 1 saturated heterocycles. The number of hydrazone groups is 1. The fourth-order valence-electron chi connectivity index (χ4n) is 2.85. The average Bonchev–Trinajstić information content (AvgIpc) is 3.24. The molecule has 1 aromatic carbocycles. The second-order valence-electron chi connectivity index (χ2n) is 5.79. The molecule has 2 aliphatic rings. The molecule has 3 heterocycles. The molecule has 1 aromatic heterocycles. The standard InChI is InChI=1S/C17H17N6O/c1-21-8-9-22(17(21)24)14-2-4-15(5-3-14)23-11-13(10-20-23)16-6-7-18-12-19-16/h2-7,10-13H,8-9H2,1H3/q+1. The van der Waals surface area contributed by atoms with Gasteiger partial charge in [0.1, 0.15) is 12.2 Å². The molecule has 0 radical (unpaired) electrons. The number of carbonyl (C=O) groups excluding carboxylic acids is 1. The monoisotopic (exact) mass is 321 g/mol. The summed E-state index contributed by atoms with van der Waals surface area (Å²) in [6.45, 7) is 1.48. The first-order valence-electron chi connectivity index (χ1n) is 7.79. The van der Waals surface area contributed by atoms with Crippen molar-refractivity contribution in [3.63, 3.8) is 0 Å². The summed E-state index contributed by atoms with van der Waals surface area (Å²) in [6, 6.07) is 9.77. The van der Waals surface area contributed by atoms with Crippen molar-refractivity contribution in [2.45, 2.75) is 5.92 Å². The summed E-state index contributed by atoms with van der Waals surface area (Å²) < 4.78 is 1.83. The molecule has 1 fully saturated rings. The van der Waals surface area contributed by atoms with Gasteiger partial charge in [-0.15, -0.1) is 0 Å². The molecule has 0 aliphatic carbocycles. The lowest BCUT2D eigenvalue weighted by atomic mass is 10.1. The van der Waals surface area contributed by atoms with Crippen LogP contribution in [0.4, 0.5) is 16.2 Å². The second-order valence-corrected chi connectivity index (χ2v) is 5.79. The summed E-state index contributed by atoms with van der Waals surface area (Å²) in [5, 5.41) is 4.42. The minimum Gasteiger partial charge on any atom is -0.326 e. The Morgan fingerprint density at radius 2 is 2.00 bits per heavy atom. The molecule has 7 nitrogen and oxygen atoms in total. The summed E-state index contributed by atoms with van der Waals surface area (Å²) in [4.78, 5) is 23.7. The van der Waals surface area contributed by atoms with Gasteiger partial charge in [-0.3, -0.25) is 4.90 Å². The number of likely N-dealkylation sites (N-methyl/N-ethyl adjacent to an activating group) is 1. The molecular formula is C17H17N6O+. The first-order valence-corrected chi connectivity index (χ1v) is 7.79. The number of hydrogen-bond acceptors (Lipinski definition) is 4. The Hall–Kier alpha value is -3.09. The van der Waals surface area contributed by atoms with Gasteiger partial charge in [-0.05, 0) is 23.3 Å². The van der Waals surface area contributed by atoms with E-state index in [2.05, 4.69) is 15.1 Å². The van der Waals surface area contributed by atoms with Gasteiger partial charge < -0.3 is 4.90 Å². The molecule has 2 aromatic rings. The predicted octanol–water partition coefficient (Wildman–Crippen LogP) is 1.85. The van der Waals surface area contributed by atoms with Crippen molar-refractivity contribution in [3.05, 3.63) is 48.5 Å². The number of urea groups is 1. The Kier molecular flexibility index (Phi) is 3.53. The highest BCUT2D eigenvalue weighted by Gasteiger charge is 2.27. The molecule has 4 rings (SSSR count). The second kappa shape index (κ2) is 5.84. The maximum absolute atomic E-state index is 12.0. The van der Waals surface area contributed by atoms with Gasteiger partial charge >= 0.3 is 6.03 Å². The van der Waals surface area contributed by atoms with E-state index >= 15 is 0 Å². The summed E-state index contributed by atoms with van der Waals surface area (Å²) in [5.41, 5.74) is 2.77. The molecular weight excluding hydrogens is 304 g/mol. The van der Waals surface area contributed by atoms with Crippen LogP contribution in [-0.4, -0.2) is 58.1 Å². The summed E-state index contributed by atoms with van der Waals surface area (Å²) in [7, 11) is 1.82. The van der Waals surface area contributed by atoms with E-state index in [1.807, 2.05) is 54.5 Å². The fraction of sp³-hybridized carbons (Fsp3) is 0.235. The molecule has 0 spiro atoms. The molecule has 1 atom stereocenters. The van der Waals surface area contributed by atoms with Crippen LogP contribution in [0.1, 0.15) is 11.6 Å². The van der Waals surface area contributed by atoms with E-state index in [4.69, 9.17) is 0 Å². The molecule has 7 heteroatoms. The van der Waals surface area contributed by atoms with Crippen LogP contribution in [0.15, 0.2) is 48.0 Å². The Morgan fingerprint density at radius 3 is 2.67 bits per heavy atom. The number of carbonyl (C=O) groups is 1. The molecule has 1 unspecified atom stereocenters. The number of aromatic nitrogens is 2. The number of benzene rings is 1. The normalized spacial score (nSPS) is 20.0. The van der Waals surface area contributed by atoms with Crippen LogP contribution in [0.5, 0.6) is 0 Å². The smallest absolute Gasteiger partial charge is 0.324 e.